The van der Waals surface area contributed by atoms with Crippen LogP contribution in [0.25, 0.3) is 0 Å². The molecule has 0 radical (unpaired) electrons. The lowest BCUT2D eigenvalue weighted by atomic mass is 10.4. The van der Waals surface area contributed by atoms with Crippen molar-refractivity contribution in [2.45, 2.75) is 6.55 Å². The van der Waals surface area contributed by atoms with Crippen LogP contribution in [0.15, 0.2) is 54.9 Å². The Labute approximate surface area is 147 Å². The molecule has 1 aromatic rings. The fourth-order valence-corrected chi connectivity index (χ4v) is 12.1. The van der Waals surface area contributed by atoms with Crippen LogP contribution < -0.4 is 5.19 Å². The Balaban J connectivity index is 3.37. The molecule has 0 aliphatic heterocycles. The number of hydrogen-bond acceptors (Lipinski definition) is 6. The van der Waals surface area contributed by atoms with Crippen molar-refractivity contribution in [1.29, 1.82) is 0 Å². The number of hydrogen-bond donors (Lipinski definition) is 1. The second-order valence-corrected chi connectivity index (χ2v) is 14.4. The Morgan fingerprint density at radius 2 is 1.54 bits per heavy atom. The van der Waals surface area contributed by atoms with Crippen LogP contribution in [0, 0.1) is 0 Å². The highest BCUT2D eigenvalue weighted by Crippen LogP contribution is 2.23. The van der Waals surface area contributed by atoms with E-state index in [-0.39, 0.29) is 6.23 Å². The molecule has 0 bridgehead atoms. The van der Waals surface area contributed by atoms with E-state index in [9.17, 15) is 5.11 Å². The van der Waals surface area contributed by atoms with Crippen LogP contribution >= 0.6 is 0 Å². The molecule has 0 fully saturated rings. The van der Waals surface area contributed by atoms with Gasteiger partial charge in [-0.15, -0.1) is 6.58 Å². The normalized spacial score (nSPS) is 16.9. The third kappa shape index (κ3) is 4.59. The number of aliphatic hydroxyl groups is 1. The number of benzene rings is 1. The molecule has 1 rings (SSSR count). The summed E-state index contributed by atoms with van der Waals surface area (Å²) in [5, 5.41) is 10.7. The maximum absolute atomic E-state index is 9.79. The summed E-state index contributed by atoms with van der Waals surface area (Å²) in [7, 11) is -4.72. The summed E-state index contributed by atoms with van der Waals surface area (Å²) < 4.78 is 29.1. The van der Waals surface area contributed by atoms with Crippen molar-refractivity contribution >= 4 is 31.1 Å². The van der Waals surface area contributed by atoms with Crippen molar-refractivity contribution in [3.63, 3.8) is 0 Å². The summed E-state index contributed by atoms with van der Waals surface area (Å²) in [6.45, 7) is 9.40. The number of rotatable bonds is 11. The fourth-order valence-electron chi connectivity index (χ4n) is 2.18. The minimum Gasteiger partial charge on any atom is -0.407 e. The summed E-state index contributed by atoms with van der Waals surface area (Å²) in [4.78, 5) is 0. The minimum atomic E-state index is -3.12. The monoisotopic (exact) mass is 386 g/mol. The SMILES string of the molecule is C=C[Si](CO)(OC)O[Si](C)(O[Si](C=C)(OC)OC)c1ccccc1. The summed E-state index contributed by atoms with van der Waals surface area (Å²) in [5.74, 6) is 0. The van der Waals surface area contributed by atoms with E-state index in [1.165, 1.54) is 21.3 Å². The lowest BCUT2D eigenvalue weighted by Gasteiger charge is -2.39. The summed E-state index contributed by atoms with van der Waals surface area (Å²) >= 11 is 0. The van der Waals surface area contributed by atoms with Crippen LogP contribution in [0.2, 0.25) is 6.55 Å². The highest BCUT2D eigenvalue weighted by Gasteiger charge is 2.52. The smallest absolute Gasteiger partial charge is 0.407 e. The maximum atomic E-state index is 9.79. The first-order valence-electron chi connectivity index (χ1n) is 7.38. The van der Waals surface area contributed by atoms with Gasteiger partial charge in [-0.2, -0.15) is 0 Å². The van der Waals surface area contributed by atoms with Gasteiger partial charge in [-0.25, -0.2) is 0 Å². The van der Waals surface area contributed by atoms with Crippen molar-refractivity contribution < 1.29 is 26.6 Å². The van der Waals surface area contributed by atoms with Crippen molar-refractivity contribution in [2.24, 2.45) is 0 Å². The van der Waals surface area contributed by atoms with Crippen molar-refractivity contribution in [2.75, 3.05) is 27.6 Å². The third-order valence-electron chi connectivity index (χ3n) is 3.70. The highest BCUT2D eigenvalue weighted by molar-refractivity contribution is 6.94. The molecule has 2 atom stereocenters. The maximum Gasteiger partial charge on any atom is 0.519 e. The second-order valence-electron chi connectivity index (χ2n) is 5.11. The minimum absolute atomic E-state index is 0.269. The zero-order chi connectivity index (χ0) is 18.3. The van der Waals surface area contributed by atoms with E-state index in [1.54, 1.807) is 11.4 Å². The molecular weight excluding hydrogens is 360 g/mol. The Bertz CT molecular complexity index is 505. The van der Waals surface area contributed by atoms with E-state index in [0.29, 0.717) is 0 Å². The van der Waals surface area contributed by atoms with Gasteiger partial charge in [-0.05, 0) is 23.1 Å². The molecule has 0 spiro atoms. The van der Waals surface area contributed by atoms with Crippen molar-refractivity contribution in [3.05, 3.63) is 54.9 Å². The molecule has 134 valence electrons. The van der Waals surface area contributed by atoms with Crippen LogP contribution in [-0.2, 0) is 21.5 Å². The second kappa shape index (κ2) is 8.99. The average Bonchev–Trinajstić information content (AvgIpc) is 2.65. The van der Waals surface area contributed by atoms with Gasteiger partial charge in [0.05, 0.1) is 6.23 Å². The first-order valence-corrected chi connectivity index (χ1v) is 13.6. The van der Waals surface area contributed by atoms with E-state index in [0.717, 1.165) is 5.19 Å². The molecule has 0 aliphatic rings. The van der Waals surface area contributed by atoms with Gasteiger partial charge in [0.25, 0.3) is 0 Å². The fraction of sp³-hybridized carbons (Fsp3) is 0.333. The molecular formula is C15H26O6Si3. The molecule has 0 aromatic heterocycles. The van der Waals surface area contributed by atoms with Gasteiger partial charge >= 0.3 is 25.9 Å². The van der Waals surface area contributed by atoms with E-state index < -0.39 is 25.9 Å². The first-order chi connectivity index (χ1) is 11.4. The Morgan fingerprint density at radius 1 is 0.958 bits per heavy atom. The quantitative estimate of drug-likeness (QED) is 0.578. The third-order valence-corrected chi connectivity index (χ3v) is 14.1. The van der Waals surface area contributed by atoms with E-state index in [2.05, 4.69) is 13.2 Å². The van der Waals surface area contributed by atoms with E-state index >= 15 is 0 Å². The van der Waals surface area contributed by atoms with Crippen LogP contribution in [0.5, 0.6) is 0 Å². The van der Waals surface area contributed by atoms with Crippen molar-refractivity contribution in [3.8, 4) is 0 Å². The predicted octanol–water partition coefficient (Wildman–Crippen LogP) is 1.30. The van der Waals surface area contributed by atoms with Gasteiger partial charge in [0.15, 0.2) is 0 Å². The van der Waals surface area contributed by atoms with Crippen LogP contribution in [0.4, 0.5) is 0 Å². The predicted molar refractivity (Wildman–Crippen MR) is 99.9 cm³/mol. The largest absolute Gasteiger partial charge is 0.519 e. The molecule has 1 aromatic carbocycles. The van der Waals surface area contributed by atoms with Gasteiger partial charge in [-0.1, -0.05) is 36.9 Å². The van der Waals surface area contributed by atoms with Crippen molar-refractivity contribution in [1.82, 2.24) is 0 Å². The molecule has 0 amide bonds. The molecule has 0 saturated carbocycles. The Hall–Kier alpha value is -0.889. The Kier molecular flexibility index (Phi) is 7.92. The zero-order valence-electron chi connectivity index (χ0n) is 14.7. The van der Waals surface area contributed by atoms with Crippen LogP contribution in [-0.4, -0.2) is 58.6 Å². The summed E-state index contributed by atoms with van der Waals surface area (Å²) in [6.07, 6.45) is -0.269. The molecule has 0 aliphatic carbocycles. The first kappa shape index (κ1) is 21.2. The molecule has 1 N–H and O–H groups in total. The molecule has 2 unspecified atom stereocenters. The van der Waals surface area contributed by atoms with Crippen LogP contribution in [0.3, 0.4) is 0 Å². The zero-order valence-corrected chi connectivity index (χ0v) is 17.7. The molecule has 6 nitrogen and oxygen atoms in total. The molecule has 24 heavy (non-hydrogen) atoms. The summed E-state index contributed by atoms with van der Waals surface area (Å²) in [5.41, 5.74) is 3.09. The van der Waals surface area contributed by atoms with Gasteiger partial charge in [0.1, 0.15) is 0 Å². The van der Waals surface area contributed by atoms with Crippen LogP contribution in [0.1, 0.15) is 0 Å². The average molecular weight is 387 g/mol. The molecule has 0 saturated heterocycles. The summed E-state index contributed by atoms with van der Waals surface area (Å²) in [6, 6.07) is 9.52. The van der Waals surface area contributed by atoms with E-state index in [1.807, 2.05) is 36.9 Å². The molecule has 0 heterocycles. The van der Waals surface area contributed by atoms with Gasteiger partial charge in [0.2, 0.25) is 0 Å². The Morgan fingerprint density at radius 3 is 1.92 bits per heavy atom. The topological polar surface area (TPSA) is 66.4 Å². The lowest BCUT2D eigenvalue weighted by molar-refractivity contribution is 0.154. The van der Waals surface area contributed by atoms with Gasteiger partial charge in [-0.3, -0.25) is 0 Å². The standard InChI is InChI=1S/C15H26O6Si3/c1-7-23(14-16,17-3)20-22(6,15-12-10-9-11-13-15)21-24(8-2,18-4)19-5/h7-13,16H,1-2,14H2,3-6H3. The van der Waals surface area contributed by atoms with E-state index in [4.69, 9.17) is 21.5 Å². The molecule has 9 heteroatoms. The van der Waals surface area contributed by atoms with Gasteiger partial charge in [0, 0.05) is 21.3 Å². The van der Waals surface area contributed by atoms with Gasteiger partial charge < -0.3 is 26.6 Å². The highest BCUT2D eigenvalue weighted by atomic mass is 28.5. The lowest BCUT2D eigenvalue weighted by Crippen LogP contribution is -2.65. The number of aliphatic hydroxyl groups excluding tert-OH is 1.